The van der Waals surface area contributed by atoms with Crippen LogP contribution in [0.5, 0.6) is 0 Å². The number of benzene rings is 1. The molecule has 0 aliphatic heterocycles. The number of nitrogens with two attached hydrogens (primary N) is 1. The van der Waals surface area contributed by atoms with Crippen molar-refractivity contribution >= 4 is 5.91 Å². The number of hydrogen-bond donors (Lipinski definition) is 1. The monoisotopic (exact) mass is 276 g/mol. The number of ether oxygens (including phenoxy) is 1. The largest absolute Gasteiger partial charge is 0.383 e. The summed E-state index contributed by atoms with van der Waals surface area (Å²) in [4.78, 5) is 13.0. The lowest BCUT2D eigenvalue weighted by atomic mass is 10.1. The highest BCUT2D eigenvalue weighted by Crippen LogP contribution is 2.16. The minimum Gasteiger partial charge on any atom is -0.383 e. The molecule has 0 radical (unpaired) electrons. The van der Waals surface area contributed by atoms with Crippen LogP contribution in [0.25, 0.3) is 0 Å². The molecular weight excluding hydrogens is 261 g/mol. The van der Waals surface area contributed by atoms with E-state index in [0.29, 0.717) is 6.07 Å². The van der Waals surface area contributed by atoms with E-state index in [1.54, 1.807) is 0 Å². The van der Waals surface area contributed by atoms with Crippen LogP contribution in [0.1, 0.15) is 10.4 Å². The SMILES string of the molecule is COCC(N)CN(C)C(=O)c1ccc(F)c(F)c1F. The van der Waals surface area contributed by atoms with Gasteiger partial charge in [0, 0.05) is 26.7 Å². The third kappa shape index (κ3) is 3.68. The Kier molecular flexibility index (Phi) is 5.31. The maximum atomic E-state index is 13.4. The summed E-state index contributed by atoms with van der Waals surface area (Å²) >= 11 is 0. The molecule has 1 aromatic carbocycles. The van der Waals surface area contributed by atoms with Crippen LogP contribution in [0.4, 0.5) is 13.2 Å². The van der Waals surface area contributed by atoms with Gasteiger partial charge in [-0.25, -0.2) is 13.2 Å². The van der Waals surface area contributed by atoms with Crippen LogP contribution < -0.4 is 5.73 Å². The Balaban J connectivity index is 2.86. The highest BCUT2D eigenvalue weighted by atomic mass is 19.2. The quantitative estimate of drug-likeness (QED) is 0.821. The smallest absolute Gasteiger partial charge is 0.256 e. The van der Waals surface area contributed by atoms with E-state index in [0.717, 1.165) is 11.0 Å². The van der Waals surface area contributed by atoms with Gasteiger partial charge in [-0.15, -0.1) is 0 Å². The Labute approximate surface area is 108 Å². The summed E-state index contributed by atoms with van der Waals surface area (Å²) in [6, 6.07) is 1.15. The molecule has 1 aromatic rings. The van der Waals surface area contributed by atoms with Crippen molar-refractivity contribution in [3.05, 3.63) is 35.1 Å². The van der Waals surface area contributed by atoms with E-state index in [9.17, 15) is 18.0 Å². The molecule has 0 aliphatic carbocycles. The Morgan fingerprint density at radius 1 is 1.37 bits per heavy atom. The van der Waals surface area contributed by atoms with Gasteiger partial charge in [0.2, 0.25) is 0 Å². The molecule has 0 aliphatic rings. The molecule has 1 rings (SSSR count). The Hall–Kier alpha value is -1.60. The molecule has 1 amide bonds. The summed E-state index contributed by atoms with van der Waals surface area (Å²) in [5.74, 6) is -5.28. The number of carbonyl (C=O) groups is 1. The van der Waals surface area contributed by atoms with Crippen molar-refractivity contribution in [1.82, 2.24) is 4.90 Å². The third-order valence-corrected chi connectivity index (χ3v) is 2.50. The number of halogens is 3. The van der Waals surface area contributed by atoms with Crippen LogP contribution in [0, 0.1) is 17.5 Å². The number of amides is 1. The summed E-state index contributed by atoms with van der Waals surface area (Å²) < 4.78 is 44.0. The average molecular weight is 276 g/mol. The molecule has 4 nitrogen and oxygen atoms in total. The van der Waals surface area contributed by atoms with Crippen molar-refractivity contribution in [2.24, 2.45) is 5.73 Å². The fourth-order valence-electron chi connectivity index (χ4n) is 1.60. The van der Waals surface area contributed by atoms with Gasteiger partial charge >= 0.3 is 0 Å². The fourth-order valence-corrected chi connectivity index (χ4v) is 1.60. The van der Waals surface area contributed by atoms with E-state index >= 15 is 0 Å². The summed E-state index contributed by atoms with van der Waals surface area (Å²) in [7, 11) is 2.84. The average Bonchev–Trinajstić information content (AvgIpc) is 2.35. The standard InChI is InChI=1S/C12H15F3N2O2/c1-17(5-7(16)6-19-2)12(18)8-3-4-9(13)11(15)10(8)14/h3-4,7H,5-6,16H2,1-2H3. The molecule has 1 atom stereocenters. The first-order valence-corrected chi connectivity index (χ1v) is 5.52. The van der Waals surface area contributed by atoms with Crippen LogP contribution in [-0.2, 0) is 4.74 Å². The highest BCUT2D eigenvalue weighted by Gasteiger charge is 2.22. The lowest BCUT2D eigenvalue weighted by Crippen LogP contribution is -2.41. The van der Waals surface area contributed by atoms with Gasteiger partial charge in [0.05, 0.1) is 12.2 Å². The van der Waals surface area contributed by atoms with Crippen molar-refractivity contribution in [1.29, 1.82) is 0 Å². The lowest BCUT2D eigenvalue weighted by molar-refractivity contribution is 0.0758. The maximum Gasteiger partial charge on any atom is 0.256 e. The first-order chi connectivity index (χ1) is 8.88. The molecule has 0 bridgehead atoms. The molecule has 106 valence electrons. The van der Waals surface area contributed by atoms with Gasteiger partial charge in [-0.2, -0.15) is 0 Å². The van der Waals surface area contributed by atoms with Gasteiger partial charge in [0.25, 0.3) is 5.91 Å². The topological polar surface area (TPSA) is 55.6 Å². The number of nitrogens with zero attached hydrogens (tertiary/aromatic N) is 1. The van der Waals surface area contributed by atoms with E-state index in [2.05, 4.69) is 0 Å². The van der Waals surface area contributed by atoms with E-state index in [4.69, 9.17) is 10.5 Å². The zero-order chi connectivity index (χ0) is 14.6. The normalized spacial score (nSPS) is 12.3. The van der Waals surface area contributed by atoms with E-state index < -0.39 is 35.0 Å². The molecule has 0 fully saturated rings. The maximum absolute atomic E-state index is 13.4. The molecular formula is C12H15F3N2O2. The minimum atomic E-state index is -1.67. The van der Waals surface area contributed by atoms with Crippen molar-refractivity contribution in [2.45, 2.75) is 6.04 Å². The first-order valence-electron chi connectivity index (χ1n) is 5.52. The summed E-state index contributed by atoms with van der Waals surface area (Å²) in [6.07, 6.45) is 0. The first kappa shape index (κ1) is 15.5. The molecule has 19 heavy (non-hydrogen) atoms. The zero-order valence-electron chi connectivity index (χ0n) is 10.6. The summed E-state index contributed by atoms with van der Waals surface area (Å²) in [5.41, 5.74) is 5.11. The Morgan fingerprint density at radius 2 is 2.00 bits per heavy atom. The number of methoxy groups -OCH3 is 1. The number of likely N-dealkylation sites (N-methyl/N-ethyl adjacent to an activating group) is 1. The molecule has 0 heterocycles. The van der Waals surface area contributed by atoms with Gasteiger partial charge in [0.1, 0.15) is 0 Å². The Bertz CT molecular complexity index is 469. The van der Waals surface area contributed by atoms with Crippen LogP contribution in [-0.4, -0.2) is 44.2 Å². The van der Waals surface area contributed by atoms with E-state index in [-0.39, 0.29) is 13.2 Å². The van der Waals surface area contributed by atoms with Gasteiger partial charge in [-0.3, -0.25) is 4.79 Å². The predicted molar refractivity (Wildman–Crippen MR) is 63.1 cm³/mol. The summed E-state index contributed by atoms with van der Waals surface area (Å²) in [5, 5.41) is 0. The molecule has 0 aromatic heterocycles. The fraction of sp³-hybridized carbons (Fsp3) is 0.417. The van der Waals surface area contributed by atoms with Gasteiger partial charge in [-0.05, 0) is 12.1 Å². The van der Waals surface area contributed by atoms with Crippen molar-refractivity contribution in [2.75, 3.05) is 27.3 Å². The second-order valence-corrected chi connectivity index (χ2v) is 4.12. The van der Waals surface area contributed by atoms with Crippen molar-refractivity contribution < 1.29 is 22.7 Å². The van der Waals surface area contributed by atoms with Gasteiger partial charge < -0.3 is 15.4 Å². The second-order valence-electron chi connectivity index (χ2n) is 4.12. The van der Waals surface area contributed by atoms with Crippen molar-refractivity contribution in [3.8, 4) is 0 Å². The van der Waals surface area contributed by atoms with E-state index in [1.165, 1.54) is 14.2 Å². The number of hydrogen-bond acceptors (Lipinski definition) is 3. The Morgan fingerprint density at radius 3 is 2.58 bits per heavy atom. The lowest BCUT2D eigenvalue weighted by Gasteiger charge is -2.21. The third-order valence-electron chi connectivity index (χ3n) is 2.50. The van der Waals surface area contributed by atoms with Gasteiger partial charge in [-0.1, -0.05) is 0 Å². The molecule has 0 spiro atoms. The van der Waals surface area contributed by atoms with E-state index in [1.807, 2.05) is 0 Å². The number of rotatable bonds is 5. The molecule has 7 heteroatoms. The van der Waals surface area contributed by atoms with Crippen LogP contribution in [0.3, 0.4) is 0 Å². The van der Waals surface area contributed by atoms with Gasteiger partial charge in [0.15, 0.2) is 17.5 Å². The molecule has 1 unspecified atom stereocenters. The molecule has 0 saturated heterocycles. The summed E-state index contributed by atoms with van der Waals surface area (Å²) in [6.45, 7) is 0.322. The second kappa shape index (κ2) is 6.53. The number of carbonyl (C=O) groups excluding carboxylic acids is 1. The van der Waals surface area contributed by atoms with Crippen LogP contribution >= 0.6 is 0 Å². The van der Waals surface area contributed by atoms with Crippen LogP contribution in [0.15, 0.2) is 12.1 Å². The van der Waals surface area contributed by atoms with Crippen LogP contribution in [0.2, 0.25) is 0 Å². The zero-order valence-corrected chi connectivity index (χ0v) is 10.6. The minimum absolute atomic E-state index is 0.102. The molecule has 0 saturated carbocycles. The highest BCUT2D eigenvalue weighted by molar-refractivity contribution is 5.94. The predicted octanol–water partition coefficient (Wildman–Crippen LogP) is 1.15. The van der Waals surface area contributed by atoms with Crippen molar-refractivity contribution in [3.63, 3.8) is 0 Å². The molecule has 2 N–H and O–H groups in total.